The van der Waals surface area contributed by atoms with Gasteiger partial charge in [0.15, 0.2) is 0 Å². The molecular formula is C13H20BrNO2. The number of benzene rings is 1. The van der Waals surface area contributed by atoms with Gasteiger partial charge in [-0.3, -0.25) is 0 Å². The van der Waals surface area contributed by atoms with E-state index in [1.54, 1.807) is 0 Å². The van der Waals surface area contributed by atoms with Crippen LogP contribution in [0.3, 0.4) is 0 Å². The van der Waals surface area contributed by atoms with Crippen LogP contribution in [0, 0.1) is 0 Å². The summed E-state index contributed by atoms with van der Waals surface area (Å²) in [5.74, 6) is 0.868. The molecule has 0 unspecified atom stereocenters. The fraction of sp³-hybridized carbons (Fsp3) is 0.538. The molecule has 0 aliphatic carbocycles. The van der Waals surface area contributed by atoms with E-state index in [0.29, 0.717) is 13.2 Å². The highest BCUT2D eigenvalue weighted by Gasteiger charge is 1.94. The van der Waals surface area contributed by atoms with Crippen LogP contribution in [0.4, 0.5) is 0 Å². The van der Waals surface area contributed by atoms with Crippen LogP contribution in [0.15, 0.2) is 28.7 Å². The van der Waals surface area contributed by atoms with Gasteiger partial charge in [0.25, 0.3) is 0 Å². The Bertz CT molecular complexity index is 307. The van der Waals surface area contributed by atoms with E-state index >= 15 is 0 Å². The summed E-state index contributed by atoms with van der Waals surface area (Å²) in [7, 11) is 0. The van der Waals surface area contributed by atoms with Crippen LogP contribution in [0.25, 0.3) is 0 Å². The largest absolute Gasteiger partial charge is 0.491 e. The zero-order valence-electron chi connectivity index (χ0n) is 10.2. The summed E-state index contributed by atoms with van der Waals surface area (Å²) in [6.45, 7) is 6.06. The molecule has 96 valence electrons. The zero-order valence-corrected chi connectivity index (χ0v) is 11.8. The Hall–Kier alpha value is -0.580. The molecule has 0 aromatic heterocycles. The molecule has 0 fully saturated rings. The highest BCUT2D eigenvalue weighted by Crippen LogP contribution is 2.17. The van der Waals surface area contributed by atoms with Crippen molar-refractivity contribution in [1.29, 1.82) is 0 Å². The molecule has 0 heterocycles. The van der Waals surface area contributed by atoms with Crippen molar-refractivity contribution in [3.8, 4) is 5.75 Å². The Balaban J connectivity index is 1.97. The van der Waals surface area contributed by atoms with Gasteiger partial charge in [-0.2, -0.15) is 0 Å². The maximum atomic E-state index is 5.54. The Kier molecular flexibility index (Phi) is 8.05. The van der Waals surface area contributed by atoms with Crippen molar-refractivity contribution >= 4 is 15.9 Å². The molecule has 1 N–H and O–H groups in total. The number of hydrogen-bond donors (Lipinski definition) is 1. The summed E-state index contributed by atoms with van der Waals surface area (Å²) in [4.78, 5) is 0. The van der Waals surface area contributed by atoms with E-state index in [4.69, 9.17) is 9.47 Å². The average molecular weight is 302 g/mol. The average Bonchev–Trinajstić information content (AvgIpc) is 2.33. The van der Waals surface area contributed by atoms with Crippen molar-refractivity contribution in [2.45, 2.75) is 13.3 Å². The molecule has 0 bridgehead atoms. The molecule has 1 rings (SSSR count). The maximum absolute atomic E-state index is 5.54. The molecule has 0 radical (unpaired) electrons. The number of hydrogen-bond acceptors (Lipinski definition) is 3. The summed E-state index contributed by atoms with van der Waals surface area (Å²) in [6, 6.07) is 7.81. The standard InChI is InChI=1S/C13H20BrNO2/c1-2-6-15-7-8-16-9-10-17-13-5-3-4-12(14)11-13/h3-5,11,15H,2,6-10H2,1H3. The van der Waals surface area contributed by atoms with Gasteiger partial charge in [-0.25, -0.2) is 0 Å². The number of halogens is 1. The van der Waals surface area contributed by atoms with Gasteiger partial charge in [0.1, 0.15) is 12.4 Å². The van der Waals surface area contributed by atoms with Crippen LogP contribution >= 0.6 is 15.9 Å². The normalized spacial score (nSPS) is 10.5. The Morgan fingerprint density at radius 3 is 2.82 bits per heavy atom. The lowest BCUT2D eigenvalue weighted by molar-refractivity contribution is 0.102. The first-order chi connectivity index (χ1) is 8.33. The van der Waals surface area contributed by atoms with E-state index in [2.05, 4.69) is 28.2 Å². The summed E-state index contributed by atoms with van der Waals surface area (Å²) in [6.07, 6.45) is 1.16. The Morgan fingerprint density at radius 1 is 1.18 bits per heavy atom. The first-order valence-corrected chi connectivity index (χ1v) is 6.79. The van der Waals surface area contributed by atoms with Crippen LogP contribution < -0.4 is 10.1 Å². The van der Waals surface area contributed by atoms with Crippen LogP contribution in [0.1, 0.15) is 13.3 Å². The minimum atomic E-state index is 0.588. The third kappa shape index (κ3) is 7.36. The summed E-state index contributed by atoms with van der Waals surface area (Å²) in [5.41, 5.74) is 0. The maximum Gasteiger partial charge on any atom is 0.120 e. The lowest BCUT2D eigenvalue weighted by Crippen LogP contribution is -2.21. The van der Waals surface area contributed by atoms with Crippen molar-refractivity contribution in [3.63, 3.8) is 0 Å². The third-order valence-electron chi connectivity index (χ3n) is 2.14. The SMILES string of the molecule is CCCNCCOCCOc1cccc(Br)c1. The van der Waals surface area contributed by atoms with Gasteiger partial charge in [-0.1, -0.05) is 28.9 Å². The Morgan fingerprint density at radius 2 is 2.06 bits per heavy atom. The van der Waals surface area contributed by atoms with Gasteiger partial charge in [-0.05, 0) is 31.2 Å². The molecule has 0 aliphatic heterocycles. The van der Waals surface area contributed by atoms with Gasteiger partial charge in [0.2, 0.25) is 0 Å². The lowest BCUT2D eigenvalue weighted by Gasteiger charge is -2.07. The van der Waals surface area contributed by atoms with Gasteiger partial charge >= 0.3 is 0 Å². The second kappa shape index (κ2) is 9.45. The molecule has 0 atom stereocenters. The number of nitrogens with one attached hydrogen (secondary N) is 1. The predicted octanol–water partition coefficient (Wildman–Crippen LogP) is 2.84. The fourth-order valence-corrected chi connectivity index (χ4v) is 1.70. The van der Waals surface area contributed by atoms with E-state index in [1.165, 1.54) is 0 Å². The van der Waals surface area contributed by atoms with Crippen LogP contribution in [-0.2, 0) is 4.74 Å². The first-order valence-electron chi connectivity index (χ1n) is 5.99. The van der Waals surface area contributed by atoms with Crippen molar-refractivity contribution in [1.82, 2.24) is 5.32 Å². The molecule has 0 amide bonds. The van der Waals surface area contributed by atoms with Gasteiger partial charge in [0, 0.05) is 11.0 Å². The predicted molar refractivity (Wildman–Crippen MR) is 73.6 cm³/mol. The fourth-order valence-electron chi connectivity index (χ4n) is 1.32. The first kappa shape index (κ1) is 14.5. The van der Waals surface area contributed by atoms with Gasteiger partial charge in [0.05, 0.1) is 13.2 Å². The van der Waals surface area contributed by atoms with Crippen LogP contribution in [-0.4, -0.2) is 32.9 Å². The summed E-state index contributed by atoms with van der Waals surface area (Å²) in [5, 5.41) is 3.28. The van der Waals surface area contributed by atoms with E-state index in [0.717, 1.165) is 36.3 Å². The second-order valence-electron chi connectivity index (χ2n) is 3.67. The minimum Gasteiger partial charge on any atom is -0.491 e. The van der Waals surface area contributed by atoms with E-state index in [-0.39, 0.29) is 0 Å². The van der Waals surface area contributed by atoms with Crippen molar-refractivity contribution in [3.05, 3.63) is 28.7 Å². The summed E-state index contributed by atoms with van der Waals surface area (Å²) >= 11 is 3.40. The molecule has 1 aromatic carbocycles. The zero-order chi connectivity index (χ0) is 12.3. The van der Waals surface area contributed by atoms with Crippen molar-refractivity contribution in [2.75, 3.05) is 32.9 Å². The van der Waals surface area contributed by atoms with E-state index in [9.17, 15) is 0 Å². The quantitative estimate of drug-likeness (QED) is 0.712. The van der Waals surface area contributed by atoms with Gasteiger partial charge in [-0.15, -0.1) is 0 Å². The van der Waals surface area contributed by atoms with Crippen LogP contribution in [0.2, 0.25) is 0 Å². The summed E-state index contributed by atoms with van der Waals surface area (Å²) < 4.78 is 12.0. The third-order valence-corrected chi connectivity index (χ3v) is 2.64. The molecule has 0 aliphatic rings. The molecule has 1 aromatic rings. The van der Waals surface area contributed by atoms with Gasteiger partial charge < -0.3 is 14.8 Å². The van der Waals surface area contributed by atoms with Crippen LogP contribution in [0.5, 0.6) is 5.75 Å². The van der Waals surface area contributed by atoms with Crippen molar-refractivity contribution < 1.29 is 9.47 Å². The molecule has 0 spiro atoms. The number of ether oxygens (including phenoxy) is 2. The number of rotatable bonds is 9. The lowest BCUT2D eigenvalue weighted by atomic mass is 10.3. The topological polar surface area (TPSA) is 30.5 Å². The smallest absolute Gasteiger partial charge is 0.120 e. The Labute approximate surface area is 112 Å². The minimum absolute atomic E-state index is 0.588. The molecule has 17 heavy (non-hydrogen) atoms. The van der Waals surface area contributed by atoms with Crippen molar-refractivity contribution in [2.24, 2.45) is 0 Å². The second-order valence-corrected chi connectivity index (χ2v) is 4.58. The molecule has 0 saturated carbocycles. The molecule has 3 nitrogen and oxygen atoms in total. The highest BCUT2D eigenvalue weighted by molar-refractivity contribution is 9.10. The highest BCUT2D eigenvalue weighted by atomic mass is 79.9. The molecule has 4 heteroatoms. The van der Waals surface area contributed by atoms with E-state index < -0.39 is 0 Å². The van der Waals surface area contributed by atoms with E-state index in [1.807, 2.05) is 24.3 Å². The molecular weight excluding hydrogens is 282 g/mol. The molecule has 0 saturated heterocycles. The monoisotopic (exact) mass is 301 g/mol.